The second-order valence-electron chi connectivity index (χ2n) is 4.67. The molecule has 4 heteroatoms. The zero-order valence-corrected chi connectivity index (χ0v) is 12.0. The number of ketones is 1. The molecule has 0 atom stereocenters. The van der Waals surface area contributed by atoms with Crippen LogP contribution in [0, 0.1) is 0 Å². The van der Waals surface area contributed by atoms with Crippen LogP contribution in [0.3, 0.4) is 0 Å². The second-order valence-corrected chi connectivity index (χ2v) is 4.67. The Bertz CT molecular complexity index is 685. The predicted octanol–water partition coefficient (Wildman–Crippen LogP) is 2.70. The fourth-order valence-electron chi connectivity index (χ4n) is 2.06. The van der Waals surface area contributed by atoms with Gasteiger partial charge in [0.05, 0.1) is 11.3 Å². The molecule has 1 aromatic heterocycles. The summed E-state index contributed by atoms with van der Waals surface area (Å²) in [5.74, 6) is -0.231. The highest BCUT2D eigenvalue weighted by Crippen LogP contribution is 2.18. The van der Waals surface area contributed by atoms with E-state index in [0.717, 1.165) is 12.0 Å². The summed E-state index contributed by atoms with van der Waals surface area (Å²) < 4.78 is 1.33. The van der Waals surface area contributed by atoms with E-state index >= 15 is 0 Å². The number of aryl methyl sites for hydroxylation is 2. The number of Topliss-reactive ketones (excluding diaryl/α,β-unsaturated/α-hetero) is 1. The van der Waals surface area contributed by atoms with Gasteiger partial charge in [-0.2, -0.15) is 5.10 Å². The maximum Gasteiger partial charge on any atom is 0.277 e. The number of hydrogen-bond acceptors (Lipinski definition) is 3. The van der Waals surface area contributed by atoms with Crippen molar-refractivity contribution >= 4 is 5.78 Å². The molecule has 0 unspecified atom stereocenters. The number of rotatable bonds is 4. The molecule has 0 N–H and O–H groups in total. The van der Waals surface area contributed by atoms with E-state index in [2.05, 4.69) is 12.0 Å². The maximum absolute atomic E-state index is 12.0. The predicted molar refractivity (Wildman–Crippen MR) is 79.0 cm³/mol. The van der Waals surface area contributed by atoms with Crippen LogP contribution in [0.4, 0.5) is 0 Å². The minimum atomic E-state index is -0.325. The molecule has 0 spiro atoms. The summed E-state index contributed by atoms with van der Waals surface area (Å²) in [6.45, 7) is 5.78. The molecule has 0 aliphatic rings. The lowest BCUT2D eigenvalue weighted by atomic mass is 10.1. The van der Waals surface area contributed by atoms with Crippen molar-refractivity contribution in [3.8, 4) is 11.3 Å². The first-order valence-electron chi connectivity index (χ1n) is 6.79. The molecule has 0 bridgehead atoms. The average molecular weight is 270 g/mol. The maximum atomic E-state index is 12.0. The fraction of sp³-hybridized carbons (Fsp3) is 0.312. The van der Waals surface area contributed by atoms with Gasteiger partial charge in [-0.1, -0.05) is 31.2 Å². The first kappa shape index (κ1) is 14.2. The molecular formula is C16H18N2O2. The quantitative estimate of drug-likeness (QED) is 0.803. The Morgan fingerprint density at radius 2 is 1.85 bits per heavy atom. The van der Waals surface area contributed by atoms with Gasteiger partial charge in [-0.25, -0.2) is 4.68 Å². The molecule has 0 saturated carbocycles. The molecule has 2 aromatic rings. The summed E-state index contributed by atoms with van der Waals surface area (Å²) in [4.78, 5) is 23.6. The zero-order chi connectivity index (χ0) is 14.7. The first-order chi connectivity index (χ1) is 9.56. The number of aromatic nitrogens is 2. The highest BCUT2D eigenvalue weighted by atomic mass is 16.1. The lowest BCUT2D eigenvalue weighted by Crippen LogP contribution is -2.27. The van der Waals surface area contributed by atoms with Crippen LogP contribution in [0.5, 0.6) is 0 Å². The molecule has 0 aliphatic heterocycles. The van der Waals surface area contributed by atoms with Crippen LogP contribution in [0.1, 0.15) is 36.7 Å². The summed E-state index contributed by atoms with van der Waals surface area (Å²) in [5.41, 5.74) is 2.67. The van der Waals surface area contributed by atoms with Crippen molar-refractivity contribution in [2.45, 2.75) is 33.7 Å². The van der Waals surface area contributed by atoms with Crippen LogP contribution in [-0.2, 0) is 13.0 Å². The Balaban J connectivity index is 2.58. The summed E-state index contributed by atoms with van der Waals surface area (Å²) in [7, 11) is 0. The molecular weight excluding hydrogens is 252 g/mol. The lowest BCUT2D eigenvalue weighted by Gasteiger charge is -2.08. The molecule has 0 amide bonds. The Kier molecular flexibility index (Phi) is 4.13. The van der Waals surface area contributed by atoms with Gasteiger partial charge in [0.2, 0.25) is 0 Å². The zero-order valence-electron chi connectivity index (χ0n) is 12.0. The van der Waals surface area contributed by atoms with Crippen molar-refractivity contribution < 1.29 is 4.79 Å². The van der Waals surface area contributed by atoms with E-state index in [1.165, 1.54) is 17.2 Å². The van der Waals surface area contributed by atoms with Gasteiger partial charge in [0, 0.05) is 12.1 Å². The third kappa shape index (κ3) is 2.69. The van der Waals surface area contributed by atoms with Gasteiger partial charge >= 0.3 is 0 Å². The number of carbonyl (C=O) groups excluding carboxylic acids is 1. The van der Waals surface area contributed by atoms with Crippen LogP contribution in [-0.4, -0.2) is 15.6 Å². The molecule has 0 saturated heterocycles. The van der Waals surface area contributed by atoms with Crippen LogP contribution in [0.2, 0.25) is 0 Å². The number of benzene rings is 1. The van der Waals surface area contributed by atoms with E-state index in [-0.39, 0.29) is 16.9 Å². The monoisotopic (exact) mass is 270 g/mol. The molecule has 0 fully saturated rings. The molecule has 1 aromatic carbocycles. The Morgan fingerprint density at radius 3 is 2.35 bits per heavy atom. The van der Waals surface area contributed by atoms with Crippen molar-refractivity contribution in [1.82, 2.24) is 9.78 Å². The standard InChI is InChI=1S/C16H18N2O2/c1-4-12-6-8-13(9-7-12)15-10-14(11(3)19)16(20)18(5-2)17-15/h6-10H,4-5H2,1-3H3. The van der Waals surface area contributed by atoms with Crippen LogP contribution >= 0.6 is 0 Å². The molecule has 2 rings (SSSR count). The smallest absolute Gasteiger partial charge is 0.277 e. The third-order valence-corrected chi connectivity index (χ3v) is 3.31. The largest absolute Gasteiger partial charge is 0.294 e. The van der Waals surface area contributed by atoms with E-state index in [1.807, 2.05) is 31.2 Å². The minimum absolute atomic E-state index is 0.191. The third-order valence-electron chi connectivity index (χ3n) is 3.31. The molecule has 0 aliphatic carbocycles. The summed E-state index contributed by atoms with van der Waals surface area (Å²) in [6.07, 6.45) is 0.973. The van der Waals surface area contributed by atoms with Gasteiger partial charge in [0.15, 0.2) is 5.78 Å². The van der Waals surface area contributed by atoms with Crippen molar-refractivity contribution in [2.24, 2.45) is 0 Å². The van der Waals surface area contributed by atoms with Crippen molar-refractivity contribution in [2.75, 3.05) is 0 Å². The van der Waals surface area contributed by atoms with Gasteiger partial charge < -0.3 is 0 Å². The highest BCUT2D eigenvalue weighted by Gasteiger charge is 2.12. The van der Waals surface area contributed by atoms with E-state index in [1.54, 1.807) is 6.07 Å². The van der Waals surface area contributed by atoms with Crippen molar-refractivity contribution in [3.63, 3.8) is 0 Å². The van der Waals surface area contributed by atoms with E-state index in [9.17, 15) is 9.59 Å². The number of nitrogens with zero attached hydrogens (tertiary/aromatic N) is 2. The number of carbonyl (C=O) groups is 1. The molecule has 20 heavy (non-hydrogen) atoms. The Labute approximate surface area is 118 Å². The van der Waals surface area contributed by atoms with Gasteiger partial charge in [0.25, 0.3) is 5.56 Å². The second kappa shape index (κ2) is 5.82. The molecule has 0 radical (unpaired) electrons. The van der Waals surface area contributed by atoms with Crippen molar-refractivity contribution in [1.29, 1.82) is 0 Å². The SMILES string of the molecule is CCc1ccc(-c2cc(C(C)=O)c(=O)n(CC)n2)cc1. The highest BCUT2D eigenvalue weighted by molar-refractivity contribution is 5.94. The topological polar surface area (TPSA) is 52.0 Å². The van der Waals surface area contributed by atoms with Gasteiger partial charge in [-0.15, -0.1) is 0 Å². The molecule has 104 valence electrons. The van der Waals surface area contributed by atoms with Crippen LogP contribution in [0.15, 0.2) is 35.1 Å². The van der Waals surface area contributed by atoms with Crippen LogP contribution in [0.25, 0.3) is 11.3 Å². The minimum Gasteiger partial charge on any atom is -0.294 e. The van der Waals surface area contributed by atoms with Gasteiger partial charge in [-0.3, -0.25) is 9.59 Å². The Morgan fingerprint density at radius 1 is 1.20 bits per heavy atom. The molecule has 4 nitrogen and oxygen atoms in total. The fourth-order valence-corrected chi connectivity index (χ4v) is 2.06. The van der Waals surface area contributed by atoms with E-state index in [4.69, 9.17) is 0 Å². The van der Waals surface area contributed by atoms with Gasteiger partial charge in [0.1, 0.15) is 0 Å². The normalized spacial score (nSPS) is 10.6. The lowest BCUT2D eigenvalue weighted by molar-refractivity contribution is 0.101. The Hall–Kier alpha value is -2.23. The summed E-state index contributed by atoms with van der Waals surface area (Å²) in [5, 5.41) is 4.31. The average Bonchev–Trinajstić information content (AvgIpc) is 2.47. The van der Waals surface area contributed by atoms with E-state index < -0.39 is 0 Å². The summed E-state index contributed by atoms with van der Waals surface area (Å²) in [6, 6.07) is 9.58. The van der Waals surface area contributed by atoms with E-state index in [0.29, 0.717) is 12.2 Å². The number of hydrogen-bond donors (Lipinski definition) is 0. The van der Waals surface area contributed by atoms with Crippen molar-refractivity contribution in [3.05, 3.63) is 51.8 Å². The summed E-state index contributed by atoms with van der Waals surface area (Å²) >= 11 is 0. The van der Waals surface area contributed by atoms with Gasteiger partial charge in [-0.05, 0) is 31.9 Å². The van der Waals surface area contributed by atoms with Crippen LogP contribution < -0.4 is 5.56 Å². The molecule has 1 heterocycles. The first-order valence-corrected chi connectivity index (χ1v) is 6.79.